The van der Waals surface area contributed by atoms with E-state index >= 15 is 0 Å². The molecule has 2 unspecified atom stereocenters. The molecule has 160 valence electrons. The van der Waals surface area contributed by atoms with Gasteiger partial charge in [0, 0.05) is 32.7 Å². The van der Waals surface area contributed by atoms with E-state index in [2.05, 4.69) is 89.2 Å². The van der Waals surface area contributed by atoms with Crippen LogP contribution in [0, 0.1) is 0 Å². The van der Waals surface area contributed by atoms with Gasteiger partial charge in [-0.25, -0.2) is 0 Å². The summed E-state index contributed by atoms with van der Waals surface area (Å²) in [6, 6.07) is 19.7. The van der Waals surface area contributed by atoms with Crippen LogP contribution < -0.4 is 0 Å². The molecule has 3 heterocycles. The Morgan fingerprint density at radius 3 is 2.56 bits per heavy atom. The van der Waals surface area contributed by atoms with Gasteiger partial charge in [-0.05, 0) is 63.6 Å². The zero-order valence-corrected chi connectivity index (χ0v) is 20.0. The fourth-order valence-electron chi connectivity index (χ4n) is 5.17. The SMILES string of the molecule is CC1Sc2ccc3oc4c(-c5cc(C(C)(C)C)c6ccccc6c5)nccc4c3c2C1C. The van der Waals surface area contributed by atoms with Crippen molar-refractivity contribution in [2.45, 2.75) is 56.1 Å². The number of fused-ring (bicyclic) bond motifs is 6. The lowest BCUT2D eigenvalue weighted by Crippen LogP contribution is -2.12. The molecule has 2 atom stereocenters. The molecule has 0 saturated carbocycles. The highest BCUT2D eigenvalue weighted by atomic mass is 32.2. The molecule has 0 N–H and O–H groups in total. The van der Waals surface area contributed by atoms with Crippen molar-refractivity contribution in [3.8, 4) is 11.3 Å². The van der Waals surface area contributed by atoms with E-state index in [9.17, 15) is 0 Å². The first-order chi connectivity index (χ1) is 15.3. The summed E-state index contributed by atoms with van der Waals surface area (Å²) in [4.78, 5) is 6.22. The maximum atomic E-state index is 6.51. The second kappa shape index (κ2) is 6.86. The van der Waals surface area contributed by atoms with Crippen molar-refractivity contribution in [3.63, 3.8) is 0 Å². The number of pyridine rings is 1. The van der Waals surface area contributed by atoms with Crippen molar-refractivity contribution >= 4 is 44.5 Å². The van der Waals surface area contributed by atoms with Crippen LogP contribution in [0.3, 0.4) is 0 Å². The van der Waals surface area contributed by atoms with E-state index in [1.165, 1.54) is 37.6 Å². The van der Waals surface area contributed by atoms with Crippen molar-refractivity contribution in [2.75, 3.05) is 0 Å². The quantitative estimate of drug-likeness (QED) is 0.262. The van der Waals surface area contributed by atoms with E-state index in [0.717, 1.165) is 22.4 Å². The molecule has 6 rings (SSSR count). The fourth-order valence-corrected chi connectivity index (χ4v) is 6.47. The highest BCUT2D eigenvalue weighted by Gasteiger charge is 2.31. The van der Waals surface area contributed by atoms with Gasteiger partial charge < -0.3 is 4.42 Å². The third kappa shape index (κ3) is 2.84. The van der Waals surface area contributed by atoms with Gasteiger partial charge in [0.25, 0.3) is 0 Å². The Morgan fingerprint density at radius 2 is 1.75 bits per heavy atom. The molecule has 1 aliphatic heterocycles. The third-order valence-electron chi connectivity index (χ3n) is 6.97. The Balaban J connectivity index is 1.67. The van der Waals surface area contributed by atoms with Crippen LogP contribution in [-0.2, 0) is 5.41 Å². The van der Waals surface area contributed by atoms with Crippen LogP contribution in [0.1, 0.15) is 51.7 Å². The molecule has 0 aliphatic carbocycles. The predicted octanol–water partition coefficient (Wildman–Crippen LogP) is 8.70. The van der Waals surface area contributed by atoms with Gasteiger partial charge in [0.2, 0.25) is 0 Å². The maximum absolute atomic E-state index is 6.51. The van der Waals surface area contributed by atoms with Gasteiger partial charge in [-0.1, -0.05) is 58.9 Å². The number of furan rings is 1. The molecule has 1 aliphatic rings. The standard InChI is InChI=1S/C29H27NOS/c1-16-17(2)32-24-11-10-23-26(25(16)24)21-12-13-30-27(28(21)31-23)19-14-18-8-6-7-9-20(18)22(15-19)29(3,4)5/h6-17H,1-5H3. The highest BCUT2D eigenvalue weighted by molar-refractivity contribution is 8.00. The van der Waals surface area contributed by atoms with Crippen LogP contribution in [0.25, 0.3) is 44.0 Å². The normalized spacial score (nSPS) is 18.7. The van der Waals surface area contributed by atoms with Crippen LogP contribution in [0.5, 0.6) is 0 Å². The molecule has 0 saturated heterocycles. The summed E-state index contributed by atoms with van der Waals surface area (Å²) >= 11 is 1.98. The lowest BCUT2D eigenvalue weighted by atomic mass is 9.82. The summed E-state index contributed by atoms with van der Waals surface area (Å²) in [6.07, 6.45) is 1.94. The van der Waals surface area contributed by atoms with E-state index in [-0.39, 0.29) is 5.41 Å². The minimum atomic E-state index is 0.0288. The molecule has 0 bridgehead atoms. The Bertz CT molecular complexity index is 1520. The largest absolute Gasteiger partial charge is 0.454 e. The van der Waals surface area contributed by atoms with Gasteiger partial charge in [-0.3, -0.25) is 4.98 Å². The Morgan fingerprint density at radius 1 is 0.938 bits per heavy atom. The smallest absolute Gasteiger partial charge is 0.161 e. The fraction of sp³-hybridized carbons (Fsp3) is 0.276. The molecule has 0 amide bonds. The average molecular weight is 438 g/mol. The number of aromatic nitrogens is 1. The van der Waals surface area contributed by atoms with Crippen LogP contribution in [0.4, 0.5) is 0 Å². The van der Waals surface area contributed by atoms with Gasteiger partial charge >= 0.3 is 0 Å². The Hall–Kier alpha value is -2.78. The summed E-state index contributed by atoms with van der Waals surface area (Å²) < 4.78 is 6.51. The first kappa shape index (κ1) is 19.9. The molecule has 0 radical (unpaired) electrons. The molecule has 5 aromatic rings. The van der Waals surface area contributed by atoms with Crippen LogP contribution in [-0.4, -0.2) is 10.2 Å². The molecule has 2 nitrogen and oxygen atoms in total. The lowest BCUT2D eigenvalue weighted by Gasteiger charge is -2.22. The number of rotatable bonds is 1. The second-order valence-corrected chi connectivity index (χ2v) is 11.5. The zero-order chi connectivity index (χ0) is 22.2. The lowest BCUT2D eigenvalue weighted by molar-refractivity contribution is 0.596. The Kier molecular flexibility index (Phi) is 4.26. The van der Waals surface area contributed by atoms with Gasteiger partial charge in [-0.2, -0.15) is 0 Å². The number of benzene rings is 3. The number of hydrogen-bond donors (Lipinski definition) is 0. The van der Waals surface area contributed by atoms with Crippen molar-refractivity contribution in [2.24, 2.45) is 0 Å². The molecule has 0 fully saturated rings. The third-order valence-corrected chi connectivity index (χ3v) is 8.36. The molecular formula is C29H27NOS. The van der Waals surface area contributed by atoms with E-state index in [1.54, 1.807) is 0 Å². The summed E-state index contributed by atoms with van der Waals surface area (Å²) in [6.45, 7) is 11.5. The topological polar surface area (TPSA) is 26.0 Å². The summed E-state index contributed by atoms with van der Waals surface area (Å²) in [5.74, 6) is 0.504. The number of thioether (sulfide) groups is 1. The molecule has 3 aromatic carbocycles. The Labute approximate surface area is 193 Å². The van der Waals surface area contributed by atoms with Gasteiger partial charge in [-0.15, -0.1) is 11.8 Å². The van der Waals surface area contributed by atoms with Crippen molar-refractivity contribution in [1.82, 2.24) is 4.98 Å². The van der Waals surface area contributed by atoms with Crippen molar-refractivity contribution < 1.29 is 4.42 Å². The van der Waals surface area contributed by atoms with E-state index < -0.39 is 0 Å². The summed E-state index contributed by atoms with van der Waals surface area (Å²) in [5.41, 5.74) is 6.70. The van der Waals surface area contributed by atoms with Crippen LogP contribution in [0.2, 0.25) is 0 Å². The minimum Gasteiger partial charge on any atom is -0.454 e. The van der Waals surface area contributed by atoms with E-state index in [0.29, 0.717) is 11.2 Å². The van der Waals surface area contributed by atoms with E-state index in [4.69, 9.17) is 9.40 Å². The van der Waals surface area contributed by atoms with Gasteiger partial charge in [0.05, 0.1) is 0 Å². The molecule has 2 aromatic heterocycles. The average Bonchev–Trinajstić information content (AvgIpc) is 3.29. The van der Waals surface area contributed by atoms with Gasteiger partial charge in [0.1, 0.15) is 11.3 Å². The molecular weight excluding hydrogens is 410 g/mol. The minimum absolute atomic E-state index is 0.0288. The predicted molar refractivity (Wildman–Crippen MR) is 137 cm³/mol. The summed E-state index contributed by atoms with van der Waals surface area (Å²) in [5, 5.41) is 5.57. The summed E-state index contributed by atoms with van der Waals surface area (Å²) in [7, 11) is 0. The maximum Gasteiger partial charge on any atom is 0.161 e. The van der Waals surface area contributed by atoms with Crippen molar-refractivity contribution in [1.29, 1.82) is 0 Å². The van der Waals surface area contributed by atoms with E-state index in [1.807, 2.05) is 18.0 Å². The molecule has 32 heavy (non-hydrogen) atoms. The van der Waals surface area contributed by atoms with Crippen LogP contribution >= 0.6 is 11.8 Å². The van der Waals surface area contributed by atoms with Crippen molar-refractivity contribution in [3.05, 3.63) is 71.9 Å². The first-order valence-corrected chi connectivity index (χ1v) is 12.3. The molecule has 3 heteroatoms. The first-order valence-electron chi connectivity index (χ1n) is 11.4. The highest BCUT2D eigenvalue weighted by Crippen LogP contribution is 2.50. The number of hydrogen-bond acceptors (Lipinski definition) is 3. The monoisotopic (exact) mass is 437 g/mol. The zero-order valence-electron chi connectivity index (χ0n) is 19.2. The van der Waals surface area contributed by atoms with Crippen LogP contribution in [0.15, 0.2) is 70.1 Å². The van der Waals surface area contributed by atoms with Gasteiger partial charge in [0.15, 0.2) is 5.58 Å². The molecule has 0 spiro atoms. The number of nitrogens with zero attached hydrogens (tertiary/aromatic N) is 1. The second-order valence-electron chi connectivity index (χ2n) is 10.1.